The number of nitrogens with zero attached hydrogens (tertiary/aromatic N) is 3. The summed E-state index contributed by atoms with van der Waals surface area (Å²) in [6, 6.07) is 0. The number of imidazole rings is 1. The Balaban J connectivity index is 1.87. The lowest BCUT2D eigenvalue weighted by atomic mass is 10.3. The molecule has 1 aromatic heterocycles. The van der Waals surface area contributed by atoms with E-state index < -0.39 is 0 Å². The maximum atomic E-state index is 5.63. The number of ether oxygens (including phenoxy) is 1. The fourth-order valence-electron chi connectivity index (χ4n) is 1.61. The molecule has 1 aliphatic heterocycles. The smallest absolute Gasteiger partial charge is 0.0946 e. The van der Waals surface area contributed by atoms with Gasteiger partial charge in [-0.2, -0.15) is 0 Å². The average Bonchev–Trinajstić information content (AvgIpc) is 2.57. The Bertz CT molecular complexity index is 247. The van der Waals surface area contributed by atoms with Crippen molar-refractivity contribution in [3.8, 4) is 0 Å². The minimum absolute atomic E-state index is 0.313. The summed E-state index contributed by atoms with van der Waals surface area (Å²) < 4.78 is 7.69. The van der Waals surface area contributed by atoms with E-state index in [1.54, 1.807) is 6.20 Å². The summed E-state index contributed by atoms with van der Waals surface area (Å²) in [5.41, 5.74) is 0. The number of rotatable bonds is 2. The molecule has 2 heterocycles. The van der Waals surface area contributed by atoms with Gasteiger partial charge in [-0.25, -0.2) is 4.98 Å². The molecule has 1 unspecified atom stereocenters. The molecule has 0 radical (unpaired) electrons. The highest BCUT2D eigenvalue weighted by molar-refractivity contribution is 4.78. The number of morpholine rings is 1. The Morgan fingerprint density at radius 2 is 2.54 bits per heavy atom. The van der Waals surface area contributed by atoms with E-state index in [0.717, 1.165) is 26.2 Å². The van der Waals surface area contributed by atoms with Gasteiger partial charge in [0.2, 0.25) is 0 Å². The van der Waals surface area contributed by atoms with E-state index in [1.165, 1.54) is 0 Å². The predicted octanol–water partition coefficient (Wildman–Crippen LogP) is 0.214. The van der Waals surface area contributed by atoms with Crippen LogP contribution >= 0.6 is 0 Å². The van der Waals surface area contributed by atoms with Crippen LogP contribution in [-0.2, 0) is 11.3 Å². The van der Waals surface area contributed by atoms with Crippen LogP contribution < -0.4 is 0 Å². The molecule has 2 rings (SSSR count). The van der Waals surface area contributed by atoms with Gasteiger partial charge < -0.3 is 14.2 Å². The lowest BCUT2D eigenvalue weighted by Crippen LogP contribution is -2.41. The van der Waals surface area contributed by atoms with Crippen molar-refractivity contribution < 1.29 is 4.74 Å². The lowest BCUT2D eigenvalue weighted by Gasteiger charge is -2.30. The third-order valence-electron chi connectivity index (χ3n) is 2.32. The van der Waals surface area contributed by atoms with Gasteiger partial charge in [-0.05, 0) is 7.05 Å². The molecular formula is C9H15N3O. The molecule has 4 heteroatoms. The largest absolute Gasteiger partial charge is 0.374 e. The number of hydrogen-bond donors (Lipinski definition) is 0. The van der Waals surface area contributed by atoms with Gasteiger partial charge in [-0.1, -0.05) is 0 Å². The second-order valence-corrected chi connectivity index (χ2v) is 3.51. The molecule has 0 spiro atoms. The number of hydrogen-bond acceptors (Lipinski definition) is 3. The molecule has 72 valence electrons. The first-order chi connectivity index (χ1) is 6.34. The third-order valence-corrected chi connectivity index (χ3v) is 2.32. The van der Waals surface area contributed by atoms with Crippen molar-refractivity contribution in [3.05, 3.63) is 18.7 Å². The van der Waals surface area contributed by atoms with Gasteiger partial charge in [-0.15, -0.1) is 0 Å². The minimum atomic E-state index is 0.313. The van der Waals surface area contributed by atoms with Crippen LogP contribution in [-0.4, -0.2) is 47.3 Å². The zero-order valence-electron chi connectivity index (χ0n) is 7.89. The molecule has 0 aliphatic carbocycles. The van der Waals surface area contributed by atoms with Crippen molar-refractivity contribution in [1.82, 2.24) is 14.5 Å². The fourth-order valence-corrected chi connectivity index (χ4v) is 1.61. The third kappa shape index (κ3) is 2.29. The fraction of sp³-hybridized carbons (Fsp3) is 0.667. The molecule has 1 aromatic rings. The minimum Gasteiger partial charge on any atom is -0.374 e. The molecular weight excluding hydrogens is 166 g/mol. The summed E-state index contributed by atoms with van der Waals surface area (Å²) in [4.78, 5) is 6.30. The summed E-state index contributed by atoms with van der Waals surface area (Å²) in [7, 11) is 2.13. The Labute approximate surface area is 78.1 Å². The highest BCUT2D eigenvalue weighted by atomic mass is 16.5. The first-order valence-electron chi connectivity index (χ1n) is 4.60. The van der Waals surface area contributed by atoms with E-state index in [1.807, 2.05) is 12.5 Å². The highest BCUT2D eigenvalue weighted by Crippen LogP contribution is 2.05. The summed E-state index contributed by atoms with van der Waals surface area (Å²) in [6.07, 6.45) is 5.91. The van der Waals surface area contributed by atoms with Gasteiger partial charge in [0.25, 0.3) is 0 Å². The van der Waals surface area contributed by atoms with Gasteiger partial charge >= 0.3 is 0 Å². The van der Waals surface area contributed by atoms with Gasteiger partial charge in [0.15, 0.2) is 0 Å². The molecule has 1 atom stereocenters. The molecule has 0 amide bonds. The van der Waals surface area contributed by atoms with E-state index in [2.05, 4.69) is 21.5 Å². The zero-order chi connectivity index (χ0) is 9.10. The van der Waals surface area contributed by atoms with Crippen LogP contribution in [0, 0.1) is 0 Å². The SMILES string of the molecule is CN1CCOC(Cn2ccnc2)C1. The van der Waals surface area contributed by atoms with Crippen LogP contribution in [0.5, 0.6) is 0 Å². The maximum Gasteiger partial charge on any atom is 0.0946 e. The molecule has 1 aliphatic rings. The predicted molar refractivity (Wildman–Crippen MR) is 49.5 cm³/mol. The van der Waals surface area contributed by atoms with Crippen LogP contribution in [0.3, 0.4) is 0 Å². The Hall–Kier alpha value is -0.870. The van der Waals surface area contributed by atoms with Crippen LogP contribution in [0.1, 0.15) is 0 Å². The molecule has 4 nitrogen and oxygen atoms in total. The van der Waals surface area contributed by atoms with Crippen molar-refractivity contribution in [3.63, 3.8) is 0 Å². The van der Waals surface area contributed by atoms with Crippen LogP contribution in [0.15, 0.2) is 18.7 Å². The second kappa shape index (κ2) is 3.89. The monoisotopic (exact) mass is 181 g/mol. The highest BCUT2D eigenvalue weighted by Gasteiger charge is 2.17. The van der Waals surface area contributed by atoms with Gasteiger partial charge in [0.1, 0.15) is 0 Å². The van der Waals surface area contributed by atoms with Gasteiger partial charge in [-0.3, -0.25) is 0 Å². The first-order valence-corrected chi connectivity index (χ1v) is 4.60. The quantitative estimate of drug-likeness (QED) is 0.653. The zero-order valence-corrected chi connectivity index (χ0v) is 7.89. The molecule has 0 aromatic carbocycles. The first kappa shape index (κ1) is 8.72. The van der Waals surface area contributed by atoms with Gasteiger partial charge in [0, 0.05) is 25.5 Å². The number of aromatic nitrogens is 2. The van der Waals surface area contributed by atoms with E-state index in [4.69, 9.17) is 4.74 Å². The molecule has 0 bridgehead atoms. The average molecular weight is 181 g/mol. The lowest BCUT2D eigenvalue weighted by molar-refractivity contribution is -0.0274. The van der Waals surface area contributed by atoms with E-state index in [0.29, 0.717) is 6.10 Å². The number of likely N-dealkylation sites (N-methyl/N-ethyl adjacent to an activating group) is 1. The molecule has 0 N–H and O–H groups in total. The van der Waals surface area contributed by atoms with Crippen molar-refractivity contribution in [2.24, 2.45) is 0 Å². The van der Waals surface area contributed by atoms with Gasteiger partial charge in [0.05, 0.1) is 25.6 Å². The van der Waals surface area contributed by atoms with E-state index >= 15 is 0 Å². The standard InChI is InChI=1S/C9H15N3O/c1-11-4-5-13-9(6-11)7-12-3-2-10-8-12/h2-3,8-9H,4-7H2,1H3. The van der Waals surface area contributed by atoms with E-state index in [-0.39, 0.29) is 0 Å². The molecule has 0 saturated carbocycles. The summed E-state index contributed by atoms with van der Waals surface area (Å²) in [5, 5.41) is 0. The summed E-state index contributed by atoms with van der Waals surface area (Å²) in [6.45, 7) is 3.80. The summed E-state index contributed by atoms with van der Waals surface area (Å²) >= 11 is 0. The van der Waals surface area contributed by atoms with Crippen LogP contribution in [0.25, 0.3) is 0 Å². The van der Waals surface area contributed by atoms with E-state index in [9.17, 15) is 0 Å². The Morgan fingerprint density at radius 3 is 3.23 bits per heavy atom. The Kier molecular flexibility index (Phi) is 2.61. The molecule has 1 saturated heterocycles. The van der Waals surface area contributed by atoms with Crippen molar-refractivity contribution in [2.45, 2.75) is 12.6 Å². The van der Waals surface area contributed by atoms with Crippen LogP contribution in [0.4, 0.5) is 0 Å². The topological polar surface area (TPSA) is 30.3 Å². The van der Waals surface area contributed by atoms with Crippen molar-refractivity contribution in [1.29, 1.82) is 0 Å². The van der Waals surface area contributed by atoms with Crippen molar-refractivity contribution in [2.75, 3.05) is 26.7 Å². The maximum absolute atomic E-state index is 5.63. The second-order valence-electron chi connectivity index (χ2n) is 3.51. The van der Waals surface area contributed by atoms with Crippen LogP contribution in [0.2, 0.25) is 0 Å². The normalized spacial score (nSPS) is 24.8. The summed E-state index contributed by atoms with van der Waals surface area (Å²) in [5.74, 6) is 0. The molecule has 13 heavy (non-hydrogen) atoms. The Morgan fingerprint density at radius 1 is 1.62 bits per heavy atom. The molecule has 1 fully saturated rings. The van der Waals surface area contributed by atoms with Crippen molar-refractivity contribution >= 4 is 0 Å².